The van der Waals surface area contributed by atoms with Gasteiger partial charge in [-0.3, -0.25) is 9.59 Å². The molecule has 2 amide bonds. The van der Waals surface area contributed by atoms with Gasteiger partial charge in [0.25, 0.3) is 5.91 Å². The lowest BCUT2D eigenvalue weighted by molar-refractivity contribution is -0.113. The van der Waals surface area contributed by atoms with Crippen molar-refractivity contribution in [3.63, 3.8) is 0 Å². The van der Waals surface area contributed by atoms with Gasteiger partial charge in [0, 0.05) is 23.9 Å². The third-order valence-corrected chi connectivity index (χ3v) is 4.16. The molecule has 0 spiro atoms. The van der Waals surface area contributed by atoms with Crippen molar-refractivity contribution >= 4 is 29.1 Å². The van der Waals surface area contributed by atoms with Crippen molar-refractivity contribution in [3.05, 3.63) is 77.1 Å². The topological polar surface area (TPSA) is 69.6 Å². The lowest BCUT2D eigenvalue weighted by atomic mass is 10.1. The van der Waals surface area contributed by atoms with Crippen LogP contribution in [0, 0.1) is 5.82 Å². The zero-order valence-electron chi connectivity index (χ0n) is 14.1. The van der Waals surface area contributed by atoms with E-state index in [9.17, 15) is 19.1 Å². The predicted molar refractivity (Wildman–Crippen MR) is 98.8 cm³/mol. The van der Waals surface area contributed by atoms with Crippen LogP contribution >= 0.6 is 11.6 Å². The van der Waals surface area contributed by atoms with E-state index in [4.69, 9.17) is 11.6 Å². The molecule has 0 bridgehead atoms. The molecule has 0 radical (unpaired) electrons. The minimum absolute atomic E-state index is 0.0884. The Labute approximate surface area is 155 Å². The molecule has 1 unspecified atom stereocenters. The SMILES string of the molecule is C=CC(=O)N(C)c1ccc(C(=O)NC(CO)c2cccc(Cl)c2F)cc1. The van der Waals surface area contributed by atoms with Gasteiger partial charge in [-0.05, 0) is 36.4 Å². The summed E-state index contributed by atoms with van der Waals surface area (Å²) in [6.45, 7) is 2.93. The number of nitrogens with one attached hydrogen (secondary N) is 1. The Morgan fingerprint density at radius 3 is 2.54 bits per heavy atom. The second-order valence-electron chi connectivity index (χ2n) is 5.50. The molecule has 0 aliphatic carbocycles. The van der Waals surface area contributed by atoms with Gasteiger partial charge in [-0.25, -0.2) is 4.39 Å². The summed E-state index contributed by atoms with van der Waals surface area (Å²) < 4.78 is 14.1. The number of carbonyl (C=O) groups excluding carboxylic acids is 2. The van der Waals surface area contributed by atoms with E-state index in [0.29, 0.717) is 11.3 Å². The number of hydrogen-bond acceptors (Lipinski definition) is 3. The molecular weight excluding hydrogens is 359 g/mol. The van der Waals surface area contributed by atoms with E-state index in [-0.39, 0.29) is 16.5 Å². The first-order chi connectivity index (χ1) is 12.4. The first-order valence-corrected chi connectivity index (χ1v) is 8.12. The van der Waals surface area contributed by atoms with Crippen molar-refractivity contribution in [2.75, 3.05) is 18.6 Å². The highest BCUT2D eigenvalue weighted by Crippen LogP contribution is 2.24. The van der Waals surface area contributed by atoms with E-state index in [1.54, 1.807) is 19.2 Å². The average Bonchev–Trinajstić information content (AvgIpc) is 2.67. The summed E-state index contributed by atoms with van der Waals surface area (Å²) in [6, 6.07) is 9.69. The van der Waals surface area contributed by atoms with Crippen molar-refractivity contribution in [3.8, 4) is 0 Å². The van der Waals surface area contributed by atoms with Gasteiger partial charge in [0.15, 0.2) is 0 Å². The monoisotopic (exact) mass is 376 g/mol. The highest BCUT2D eigenvalue weighted by atomic mass is 35.5. The van der Waals surface area contributed by atoms with Gasteiger partial charge in [0.2, 0.25) is 5.91 Å². The van der Waals surface area contributed by atoms with Gasteiger partial charge < -0.3 is 15.3 Å². The molecule has 2 aromatic rings. The third-order valence-electron chi connectivity index (χ3n) is 3.87. The highest BCUT2D eigenvalue weighted by molar-refractivity contribution is 6.30. The van der Waals surface area contributed by atoms with Crippen LogP contribution in [-0.2, 0) is 4.79 Å². The molecule has 0 aliphatic heterocycles. The summed E-state index contributed by atoms with van der Waals surface area (Å²) in [5, 5.41) is 12.0. The van der Waals surface area contributed by atoms with E-state index >= 15 is 0 Å². The zero-order chi connectivity index (χ0) is 19.3. The van der Waals surface area contributed by atoms with Gasteiger partial charge in [-0.1, -0.05) is 30.3 Å². The third kappa shape index (κ3) is 4.28. The molecule has 5 nitrogen and oxygen atoms in total. The summed E-state index contributed by atoms with van der Waals surface area (Å²) in [4.78, 5) is 25.3. The Morgan fingerprint density at radius 1 is 1.31 bits per heavy atom. The Morgan fingerprint density at radius 2 is 1.96 bits per heavy atom. The second-order valence-corrected chi connectivity index (χ2v) is 5.91. The minimum atomic E-state index is -0.939. The summed E-state index contributed by atoms with van der Waals surface area (Å²) in [5.74, 6) is -1.46. The lowest BCUT2D eigenvalue weighted by Crippen LogP contribution is -2.31. The van der Waals surface area contributed by atoms with Crippen LogP contribution in [0.2, 0.25) is 5.02 Å². The van der Waals surface area contributed by atoms with Crippen molar-refractivity contribution in [2.45, 2.75) is 6.04 Å². The van der Waals surface area contributed by atoms with Crippen molar-refractivity contribution < 1.29 is 19.1 Å². The van der Waals surface area contributed by atoms with Crippen LogP contribution in [0.4, 0.5) is 10.1 Å². The Kier molecular flexibility index (Phi) is 6.49. The van der Waals surface area contributed by atoms with Gasteiger partial charge in [0.05, 0.1) is 17.7 Å². The smallest absolute Gasteiger partial charge is 0.251 e. The number of anilines is 1. The van der Waals surface area contributed by atoms with Gasteiger partial charge in [-0.2, -0.15) is 0 Å². The number of amides is 2. The molecule has 1 atom stereocenters. The first-order valence-electron chi connectivity index (χ1n) is 7.74. The van der Waals surface area contributed by atoms with Crippen LogP contribution in [-0.4, -0.2) is 30.6 Å². The van der Waals surface area contributed by atoms with Crippen LogP contribution in [0.5, 0.6) is 0 Å². The van der Waals surface area contributed by atoms with Crippen LogP contribution in [0.3, 0.4) is 0 Å². The molecule has 0 saturated heterocycles. The number of hydrogen-bond donors (Lipinski definition) is 2. The number of halogens is 2. The molecule has 0 heterocycles. The number of aliphatic hydroxyl groups is 1. The van der Waals surface area contributed by atoms with E-state index < -0.39 is 24.4 Å². The summed E-state index contributed by atoms with van der Waals surface area (Å²) >= 11 is 5.74. The van der Waals surface area contributed by atoms with Crippen LogP contribution < -0.4 is 10.2 Å². The number of rotatable bonds is 6. The van der Waals surface area contributed by atoms with E-state index in [1.165, 1.54) is 41.3 Å². The molecule has 2 rings (SSSR count). The quantitative estimate of drug-likeness (QED) is 0.761. The average molecular weight is 377 g/mol. The Bertz CT molecular complexity index is 824. The van der Waals surface area contributed by atoms with Crippen molar-refractivity contribution in [2.24, 2.45) is 0 Å². The molecule has 26 heavy (non-hydrogen) atoms. The molecule has 7 heteroatoms. The maximum Gasteiger partial charge on any atom is 0.251 e. The lowest BCUT2D eigenvalue weighted by Gasteiger charge is -2.19. The maximum absolute atomic E-state index is 14.1. The fraction of sp³-hybridized carbons (Fsp3) is 0.158. The molecule has 0 saturated carbocycles. The largest absolute Gasteiger partial charge is 0.394 e. The normalized spacial score (nSPS) is 11.5. The molecular formula is C19H18ClFN2O3. The van der Waals surface area contributed by atoms with Crippen LogP contribution in [0.25, 0.3) is 0 Å². The Balaban J connectivity index is 2.16. The fourth-order valence-corrected chi connectivity index (χ4v) is 2.54. The molecule has 0 aromatic heterocycles. The fourth-order valence-electron chi connectivity index (χ4n) is 2.35. The molecule has 2 N–H and O–H groups in total. The zero-order valence-corrected chi connectivity index (χ0v) is 14.8. The van der Waals surface area contributed by atoms with Crippen molar-refractivity contribution in [1.29, 1.82) is 0 Å². The minimum Gasteiger partial charge on any atom is -0.394 e. The van der Waals surface area contributed by atoms with E-state index in [0.717, 1.165) is 0 Å². The van der Waals surface area contributed by atoms with E-state index in [1.807, 2.05) is 0 Å². The highest BCUT2D eigenvalue weighted by Gasteiger charge is 2.20. The summed E-state index contributed by atoms with van der Waals surface area (Å²) in [5.41, 5.74) is 0.987. The summed E-state index contributed by atoms with van der Waals surface area (Å²) in [6.07, 6.45) is 1.19. The number of nitrogens with zero attached hydrogens (tertiary/aromatic N) is 1. The van der Waals surface area contributed by atoms with Gasteiger partial charge >= 0.3 is 0 Å². The van der Waals surface area contributed by atoms with Gasteiger partial charge in [-0.15, -0.1) is 0 Å². The Hall–Kier alpha value is -2.70. The number of benzene rings is 2. The summed E-state index contributed by atoms with van der Waals surface area (Å²) in [7, 11) is 1.59. The predicted octanol–water partition coefficient (Wildman–Crippen LogP) is 3.09. The number of likely N-dealkylation sites (N-methyl/N-ethyl adjacent to an activating group) is 1. The van der Waals surface area contributed by atoms with Gasteiger partial charge in [0.1, 0.15) is 5.82 Å². The van der Waals surface area contributed by atoms with Crippen molar-refractivity contribution in [1.82, 2.24) is 5.32 Å². The molecule has 0 fully saturated rings. The number of aliphatic hydroxyl groups excluding tert-OH is 1. The van der Waals surface area contributed by atoms with Crippen LogP contribution in [0.1, 0.15) is 22.0 Å². The maximum atomic E-state index is 14.1. The number of carbonyl (C=O) groups is 2. The van der Waals surface area contributed by atoms with Crippen LogP contribution in [0.15, 0.2) is 55.1 Å². The van der Waals surface area contributed by atoms with E-state index in [2.05, 4.69) is 11.9 Å². The second kappa shape index (κ2) is 8.60. The molecule has 136 valence electrons. The molecule has 0 aliphatic rings. The molecule has 2 aromatic carbocycles. The standard InChI is InChI=1S/C19H18ClFN2O3/c1-3-17(25)23(2)13-9-7-12(8-10-13)19(26)22-16(11-24)14-5-4-6-15(20)18(14)21/h3-10,16,24H,1,11H2,2H3,(H,22,26). The first kappa shape index (κ1) is 19.6.